The molecule has 1 heterocycles. The lowest BCUT2D eigenvalue weighted by atomic mass is 10.1. The summed E-state index contributed by atoms with van der Waals surface area (Å²) in [6.07, 6.45) is -3.35. The van der Waals surface area contributed by atoms with Gasteiger partial charge in [0.15, 0.2) is 0 Å². The highest BCUT2D eigenvalue weighted by atomic mass is 19.4. The van der Waals surface area contributed by atoms with Crippen molar-refractivity contribution in [3.05, 3.63) is 47.5 Å². The van der Waals surface area contributed by atoms with Gasteiger partial charge in [-0.2, -0.15) is 13.2 Å². The summed E-state index contributed by atoms with van der Waals surface area (Å²) in [5, 5.41) is 2.27. The van der Waals surface area contributed by atoms with Crippen molar-refractivity contribution in [2.75, 3.05) is 11.1 Å². The van der Waals surface area contributed by atoms with Gasteiger partial charge in [0.05, 0.1) is 11.3 Å². The highest BCUT2D eigenvalue weighted by Gasteiger charge is 2.34. The number of nitrogens with one attached hydrogen (secondary N) is 1. The first-order chi connectivity index (χ1) is 9.68. The number of aromatic nitrogens is 1. The van der Waals surface area contributed by atoms with Gasteiger partial charge in [0.2, 0.25) is 0 Å². The van der Waals surface area contributed by atoms with Crippen LogP contribution in [0, 0.1) is 5.82 Å². The van der Waals surface area contributed by atoms with Crippen LogP contribution in [-0.4, -0.2) is 10.5 Å². The van der Waals surface area contributed by atoms with E-state index in [9.17, 15) is 22.4 Å². The molecular formula is C13H11F4N3O. The molecule has 21 heavy (non-hydrogen) atoms. The number of carbonyl (C=O) groups is 1. The zero-order valence-electron chi connectivity index (χ0n) is 10.8. The average molecular weight is 301 g/mol. The molecule has 1 aromatic heterocycles. The first-order valence-electron chi connectivity index (χ1n) is 5.78. The Bertz CT molecular complexity index is 691. The summed E-state index contributed by atoms with van der Waals surface area (Å²) in [5.41, 5.74) is 4.43. The molecule has 0 saturated heterocycles. The Morgan fingerprint density at radius 3 is 2.48 bits per heavy atom. The normalized spacial score (nSPS) is 11.5. The van der Waals surface area contributed by atoms with E-state index in [2.05, 4.69) is 5.32 Å². The van der Waals surface area contributed by atoms with Crippen molar-refractivity contribution in [1.29, 1.82) is 0 Å². The minimum atomic E-state index is -4.83. The molecule has 0 aliphatic carbocycles. The maximum Gasteiger partial charge on any atom is 0.419 e. The Hall–Kier alpha value is -2.51. The molecule has 8 heteroatoms. The number of nitrogen functional groups attached to an aromatic ring is 1. The van der Waals surface area contributed by atoms with Crippen molar-refractivity contribution in [2.45, 2.75) is 6.18 Å². The molecule has 0 atom stereocenters. The lowest BCUT2D eigenvalue weighted by molar-refractivity contribution is -0.139. The lowest BCUT2D eigenvalue weighted by Crippen LogP contribution is -2.16. The number of hydrogen-bond donors (Lipinski definition) is 2. The highest BCUT2D eigenvalue weighted by Crippen LogP contribution is 2.33. The number of halogens is 4. The maximum atomic E-state index is 13.1. The smallest absolute Gasteiger partial charge is 0.397 e. The number of alkyl halides is 3. The molecule has 2 rings (SSSR count). The number of hydrogen-bond acceptors (Lipinski definition) is 2. The van der Waals surface area contributed by atoms with E-state index < -0.39 is 23.5 Å². The SMILES string of the molecule is Cn1cc(N)cc1C(=O)Nc1ccc(F)c(C(F)(F)F)c1. The number of carbonyl (C=O) groups excluding carboxylic acids is 1. The third-order valence-electron chi connectivity index (χ3n) is 2.79. The first kappa shape index (κ1) is 14.9. The Morgan fingerprint density at radius 2 is 1.95 bits per heavy atom. The van der Waals surface area contributed by atoms with Gasteiger partial charge in [-0.05, 0) is 24.3 Å². The van der Waals surface area contributed by atoms with Gasteiger partial charge in [-0.3, -0.25) is 4.79 Å². The average Bonchev–Trinajstić information content (AvgIpc) is 2.69. The molecular weight excluding hydrogens is 290 g/mol. The van der Waals surface area contributed by atoms with Gasteiger partial charge in [0.25, 0.3) is 5.91 Å². The fourth-order valence-electron chi connectivity index (χ4n) is 1.83. The Balaban J connectivity index is 2.28. The molecule has 4 nitrogen and oxygen atoms in total. The van der Waals surface area contributed by atoms with Gasteiger partial charge in [0.1, 0.15) is 11.5 Å². The summed E-state index contributed by atoms with van der Waals surface area (Å²) >= 11 is 0. The van der Waals surface area contributed by atoms with Crippen molar-refractivity contribution in [1.82, 2.24) is 4.57 Å². The molecule has 3 N–H and O–H groups in total. The lowest BCUT2D eigenvalue weighted by Gasteiger charge is -2.11. The Labute approximate surface area is 117 Å². The van der Waals surface area contributed by atoms with E-state index in [0.717, 1.165) is 6.07 Å². The standard InChI is InChI=1S/C13H11F4N3O/c1-20-6-7(18)4-11(20)12(21)19-8-2-3-10(14)9(5-8)13(15,16)17/h2-6H,18H2,1H3,(H,19,21). The van der Waals surface area contributed by atoms with Crippen LogP contribution in [0.15, 0.2) is 30.5 Å². The second-order valence-electron chi connectivity index (χ2n) is 4.42. The minimum Gasteiger partial charge on any atom is -0.397 e. The summed E-state index contributed by atoms with van der Waals surface area (Å²) in [4.78, 5) is 11.9. The fourth-order valence-corrected chi connectivity index (χ4v) is 1.83. The van der Waals surface area contributed by atoms with E-state index in [1.54, 1.807) is 7.05 Å². The second-order valence-corrected chi connectivity index (χ2v) is 4.42. The van der Waals surface area contributed by atoms with Gasteiger partial charge < -0.3 is 15.6 Å². The number of benzene rings is 1. The van der Waals surface area contributed by atoms with Gasteiger partial charge in [-0.25, -0.2) is 4.39 Å². The van der Waals surface area contributed by atoms with E-state index in [-0.39, 0.29) is 11.4 Å². The predicted molar refractivity (Wildman–Crippen MR) is 69.2 cm³/mol. The first-order valence-corrected chi connectivity index (χ1v) is 5.78. The molecule has 0 aliphatic rings. The zero-order valence-corrected chi connectivity index (χ0v) is 10.8. The van der Waals surface area contributed by atoms with Crippen LogP contribution in [-0.2, 0) is 13.2 Å². The molecule has 1 aromatic carbocycles. The monoisotopic (exact) mass is 301 g/mol. The molecule has 0 aliphatic heterocycles. The zero-order chi connectivity index (χ0) is 15.8. The molecule has 1 amide bonds. The fraction of sp³-hybridized carbons (Fsp3) is 0.154. The van der Waals surface area contributed by atoms with Crippen LogP contribution in [0.4, 0.5) is 28.9 Å². The van der Waals surface area contributed by atoms with Crippen LogP contribution in [0.3, 0.4) is 0 Å². The van der Waals surface area contributed by atoms with Crippen LogP contribution in [0.25, 0.3) is 0 Å². The largest absolute Gasteiger partial charge is 0.419 e. The highest BCUT2D eigenvalue weighted by molar-refractivity contribution is 6.03. The summed E-state index contributed by atoms with van der Waals surface area (Å²) in [6.45, 7) is 0. The van der Waals surface area contributed by atoms with Gasteiger partial charge in [-0.15, -0.1) is 0 Å². The van der Waals surface area contributed by atoms with E-state index >= 15 is 0 Å². The Kier molecular flexibility index (Phi) is 3.63. The molecule has 0 spiro atoms. The van der Waals surface area contributed by atoms with Gasteiger partial charge in [0, 0.05) is 18.9 Å². The molecule has 0 fully saturated rings. The summed E-state index contributed by atoms with van der Waals surface area (Å²) in [5.74, 6) is -2.04. The molecule has 2 aromatic rings. The number of anilines is 2. The van der Waals surface area contributed by atoms with E-state index in [1.807, 2.05) is 0 Å². The van der Waals surface area contributed by atoms with Gasteiger partial charge in [-0.1, -0.05) is 0 Å². The maximum absolute atomic E-state index is 13.1. The molecule has 112 valence electrons. The van der Waals surface area contributed by atoms with Crippen LogP contribution < -0.4 is 11.1 Å². The third kappa shape index (κ3) is 3.15. The van der Waals surface area contributed by atoms with Crippen LogP contribution in [0.5, 0.6) is 0 Å². The van der Waals surface area contributed by atoms with Crippen molar-refractivity contribution in [3.63, 3.8) is 0 Å². The predicted octanol–water partition coefficient (Wildman–Crippen LogP) is 3.02. The third-order valence-corrected chi connectivity index (χ3v) is 2.79. The van der Waals surface area contributed by atoms with Crippen LogP contribution >= 0.6 is 0 Å². The van der Waals surface area contributed by atoms with Gasteiger partial charge >= 0.3 is 6.18 Å². The number of nitrogens with zero attached hydrogens (tertiary/aromatic N) is 1. The molecule has 0 unspecified atom stereocenters. The quantitative estimate of drug-likeness (QED) is 0.838. The van der Waals surface area contributed by atoms with Crippen LogP contribution in [0.1, 0.15) is 16.1 Å². The van der Waals surface area contributed by atoms with Crippen molar-refractivity contribution < 1.29 is 22.4 Å². The number of aryl methyl sites for hydroxylation is 1. The van der Waals surface area contributed by atoms with Crippen molar-refractivity contribution >= 4 is 17.3 Å². The number of rotatable bonds is 2. The summed E-state index contributed by atoms with van der Waals surface area (Å²) in [7, 11) is 1.57. The van der Waals surface area contributed by atoms with E-state index in [4.69, 9.17) is 5.73 Å². The molecule has 0 radical (unpaired) electrons. The minimum absolute atomic E-state index is 0.159. The summed E-state index contributed by atoms with van der Waals surface area (Å²) in [6, 6.07) is 3.62. The number of amides is 1. The van der Waals surface area contributed by atoms with E-state index in [0.29, 0.717) is 17.8 Å². The number of nitrogens with two attached hydrogens (primary N) is 1. The van der Waals surface area contributed by atoms with Crippen LogP contribution in [0.2, 0.25) is 0 Å². The molecule has 0 bridgehead atoms. The Morgan fingerprint density at radius 1 is 1.29 bits per heavy atom. The summed E-state index contributed by atoms with van der Waals surface area (Å²) < 4.78 is 52.3. The van der Waals surface area contributed by atoms with Crippen molar-refractivity contribution in [2.24, 2.45) is 7.05 Å². The van der Waals surface area contributed by atoms with E-state index in [1.165, 1.54) is 16.8 Å². The molecule has 0 saturated carbocycles. The topological polar surface area (TPSA) is 60.0 Å². The second kappa shape index (κ2) is 5.12. The van der Waals surface area contributed by atoms with Crippen molar-refractivity contribution in [3.8, 4) is 0 Å².